The van der Waals surface area contributed by atoms with Gasteiger partial charge in [-0.3, -0.25) is 0 Å². The summed E-state index contributed by atoms with van der Waals surface area (Å²) in [4.78, 5) is 0. The van der Waals surface area contributed by atoms with Gasteiger partial charge in [0.2, 0.25) is 0 Å². The van der Waals surface area contributed by atoms with Crippen LogP contribution in [0.3, 0.4) is 0 Å². The third-order valence-corrected chi connectivity index (χ3v) is 3.91. The van der Waals surface area contributed by atoms with Crippen LogP contribution in [0, 0.1) is 5.82 Å². The molecule has 2 fully saturated rings. The smallest absolute Gasteiger partial charge is 0.141 e. The molecule has 0 amide bonds. The monoisotopic (exact) mass is 280 g/mol. The maximum atomic E-state index is 12.5. The van der Waals surface area contributed by atoms with E-state index in [1.54, 1.807) is 6.07 Å². The summed E-state index contributed by atoms with van der Waals surface area (Å²) < 4.78 is 12.5. The van der Waals surface area contributed by atoms with Crippen LogP contribution in [0.1, 0.15) is 44.9 Å². The highest BCUT2D eigenvalue weighted by Gasteiger charge is 2.21. The Kier molecular flexibility index (Phi) is 5.65. The van der Waals surface area contributed by atoms with Gasteiger partial charge in [0.1, 0.15) is 11.6 Å². The van der Waals surface area contributed by atoms with E-state index in [-0.39, 0.29) is 5.75 Å². The quantitative estimate of drug-likeness (QED) is 0.741. The first-order chi connectivity index (χ1) is 9.69. The molecule has 0 unspecified atom stereocenters. The highest BCUT2D eigenvalue weighted by atomic mass is 19.1. The lowest BCUT2D eigenvalue weighted by Gasteiger charge is -2.20. The minimum Gasteiger partial charge on any atom is -0.506 e. The molecule has 0 aliphatic heterocycles. The number of aromatic hydroxyl groups is 1. The molecule has 112 valence electrons. The Morgan fingerprint density at radius 2 is 1.75 bits per heavy atom. The lowest BCUT2D eigenvalue weighted by atomic mass is 9.96. The second kappa shape index (κ2) is 7.48. The van der Waals surface area contributed by atoms with E-state index < -0.39 is 5.82 Å². The van der Waals surface area contributed by atoms with Crippen LogP contribution in [-0.4, -0.2) is 24.2 Å². The van der Waals surface area contributed by atoms with Crippen molar-refractivity contribution in [3.8, 4) is 5.75 Å². The maximum absolute atomic E-state index is 12.5. The van der Waals surface area contributed by atoms with Gasteiger partial charge in [-0.05, 0) is 44.9 Å². The van der Waals surface area contributed by atoms with Crippen LogP contribution in [0.2, 0.25) is 0 Å². The summed E-state index contributed by atoms with van der Waals surface area (Å²) in [6.07, 6.45) is 9.40. The second-order valence-electron chi connectivity index (χ2n) is 5.70. The molecule has 0 radical (unpaired) electrons. The molecule has 20 heavy (non-hydrogen) atoms. The zero-order chi connectivity index (χ0) is 14.4. The average molecular weight is 280 g/mol. The van der Waals surface area contributed by atoms with Crippen molar-refractivity contribution in [3.05, 3.63) is 24.0 Å². The van der Waals surface area contributed by atoms with Crippen LogP contribution in [0.5, 0.6) is 5.75 Å². The lowest BCUT2D eigenvalue weighted by molar-refractivity contribution is 0.394. The van der Waals surface area contributed by atoms with Gasteiger partial charge in [0.15, 0.2) is 0 Å². The van der Waals surface area contributed by atoms with Gasteiger partial charge >= 0.3 is 0 Å². The summed E-state index contributed by atoms with van der Waals surface area (Å²) in [6, 6.07) is 5.32. The van der Waals surface area contributed by atoms with Crippen molar-refractivity contribution in [2.24, 2.45) is 0 Å². The molecule has 3 nitrogen and oxygen atoms in total. The number of phenolic OH excluding ortho intramolecular Hbond substituents is 1. The number of phenols is 1. The number of rotatable bonds is 3. The Labute approximate surface area is 120 Å². The van der Waals surface area contributed by atoms with Gasteiger partial charge in [-0.25, -0.2) is 4.39 Å². The molecule has 2 saturated carbocycles. The first kappa shape index (κ1) is 15.1. The normalized spacial score (nSPS) is 19.1. The first-order valence-corrected chi connectivity index (χ1v) is 7.61. The molecule has 2 aliphatic carbocycles. The largest absolute Gasteiger partial charge is 0.506 e. The molecular formula is C16H25FN2O. The molecule has 1 aromatic rings. The zero-order valence-electron chi connectivity index (χ0n) is 12.2. The number of anilines is 1. The molecule has 3 N–H and O–H groups in total. The number of hydrogen-bond acceptors (Lipinski definition) is 3. The minimum absolute atomic E-state index is 0.0121. The van der Waals surface area contributed by atoms with Gasteiger partial charge < -0.3 is 15.7 Å². The Bertz CT molecular complexity index is 415. The summed E-state index contributed by atoms with van der Waals surface area (Å²) in [5.41, 5.74) is 0.624. The molecule has 0 atom stereocenters. The molecule has 0 spiro atoms. The summed E-state index contributed by atoms with van der Waals surface area (Å²) in [7, 11) is 2.07. The van der Waals surface area contributed by atoms with Gasteiger partial charge in [0.05, 0.1) is 5.69 Å². The molecule has 3 rings (SSSR count). The van der Waals surface area contributed by atoms with Crippen molar-refractivity contribution in [1.82, 2.24) is 5.32 Å². The summed E-state index contributed by atoms with van der Waals surface area (Å²) >= 11 is 0. The van der Waals surface area contributed by atoms with Crippen molar-refractivity contribution in [1.29, 1.82) is 0 Å². The third kappa shape index (κ3) is 5.00. The molecule has 0 saturated heterocycles. The van der Waals surface area contributed by atoms with E-state index in [0.29, 0.717) is 11.7 Å². The Balaban J connectivity index is 0.000000160. The zero-order valence-corrected chi connectivity index (χ0v) is 12.2. The van der Waals surface area contributed by atoms with Crippen LogP contribution in [0.25, 0.3) is 0 Å². The summed E-state index contributed by atoms with van der Waals surface area (Å²) in [5, 5.41) is 15.7. The van der Waals surface area contributed by atoms with E-state index >= 15 is 0 Å². The second-order valence-corrected chi connectivity index (χ2v) is 5.70. The van der Waals surface area contributed by atoms with Crippen LogP contribution in [-0.2, 0) is 0 Å². The number of benzene rings is 1. The van der Waals surface area contributed by atoms with E-state index in [1.807, 2.05) is 0 Å². The fourth-order valence-electron chi connectivity index (χ4n) is 2.47. The Morgan fingerprint density at radius 3 is 2.25 bits per heavy atom. The van der Waals surface area contributed by atoms with Gasteiger partial charge in [0.25, 0.3) is 0 Å². The van der Waals surface area contributed by atoms with Crippen molar-refractivity contribution in [2.45, 2.75) is 57.0 Å². The Morgan fingerprint density at radius 1 is 1.05 bits per heavy atom. The van der Waals surface area contributed by atoms with Gasteiger partial charge in [-0.15, -0.1) is 0 Å². The topological polar surface area (TPSA) is 44.3 Å². The van der Waals surface area contributed by atoms with E-state index in [2.05, 4.69) is 17.7 Å². The molecule has 0 aromatic heterocycles. The summed E-state index contributed by atoms with van der Waals surface area (Å²) in [6.45, 7) is 0. The standard InChI is InChI=1S/C9H10FNO.C7H15N/c10-6-1-4-8(9(12)5-6)11-7-2-3-7;1-8-7-5-3-2-4-6-7/h1,4-5,7,11-12H,2-3H2;7-8H,2-6H2,1H3. The number of hydrogen-bond donors (Lipinski definition) is 3. The Hall–Kier alpha value is -1.29. The summed E-state index contributed by atoms with van der Waals surface area (Å²) in [5.74, 6) is -0.421. The SMILES string of the molecule is CNC1CCCCC1.Oc1cc(F)ccc1NC1CC1. The molecule has 1 aromatic carbocycles. The van der Waals surface area contributed by atoms with Crippen molar-refractivity contribution < 1.29 is 9.50 Å². The maximum Gasteiger partial charge on any atom is 0.141 e. The average Bonchev–Trinajstić information content (AvgIpc) is 3.28. The van der Waals surface area contributed by atoms with E-state index in [0.717, 1.165) is 24.9 Å². The number of halogens is 1. The van der Waals surface area contributed by atoms with E-state index in [1.165, 1.54) is 38.2 Å². The van der Waals surface area contributed by atoms with Crippen molar-refractivity contribution in [2.75, 3.05) is 12.4 Å². The predicted octanol–water partition coefficient (Wildman–Crippen LogP) is 3.64. The lowest BCUT2D eigenvalue weighted by Crippen LogP contribution is -2.26. The van der Waals surface area contributed by atoms with Crippen molar-refractivity contribution >= 4 is 5.69 Å². The third-order valence-electron chi connectivity index (χ3n) is 3.91. The van der Waals surface area contributed by atoms with Gasteiger partial charge in [-0.2, -0.15) is 0 Å². The molecule has 4 heteroatoms. The van der Waals surface area contributed by atoms with Crippen LogP contribution in [0.15, 0.2) is 18.2 Å². The fourth-order valence-corrected chi connectivity index (χ4v) is 2.47. The van der Waals surface area contributed by atoms with Crippen LogP contribution >= 0.6 is 0 Å². The first-order valence-electron chi connectivity index (χ1n) is 7.61. The number of nitrogens with one attached hydrogen (secondary N) is 2. The highest BCUT2D eigenvalue weighted by Crippen LogP contribution is 2.30. The predicted molar refractivity (Wildman–Crippen MR) is 80.6 cm³/mol. The fraction of sp³-hybridized carbons (Fsp3) is 0.625. The van der Waals surface area contributed by atoms with Crippen LogP contribution in [0.4, 0.5) is 10.1 Å². The molecule has 0 bridgehead atoms. The van der Waals surface area contributed by atoms with Gasteiger partial charge in [0, 0.05) is 18.2 Å². The minimum atomic E-state index is -0.408. The molecular weight excluding hydrogens is 255 g/mol. The highest BCUT2D eigenvalue weighted by molar-refractivity contribution is 5.56. The molecule has 0 heterocycles. The van der Waals surface area contributed by atoms with Gasteiger partial charge in [-0.1, -0.05) is 19.3 Å². The van der Waals surface area contributed by atoms with Crippen molar-refractivity contribution in [3.63, 3.8) is 0 Å². The molecule has 2 aliphatic rings. The van der Waals surface area contributed by atoms with E-state index in [9.17, 15) is 9.50 Å². The van der Waals surface area contributed by atoms with E-state index in [4.69, 9.17) is 0 Å². The van der Waals surface area contributed by atoms with Crippen LogP contribution < -0.4 is 10.6 Å².